The first-order chi connectivity index (χ1) is 15.8. The number of hydrogen-bond donors (Lipinski definition) is 0. The summed E-state index contributed by atoms with van der Waals surface area (Å²) < 4.78 is 6.15. The van der Waals surface area contributed by atoms with Gasteiger partial charge in [-0.1, -0.05) is 59.3 Å². The number of benzene rings is 3. The molecule has 0 N–H and O–H groups in total. The number of rotatable bonds is 6. The van der Waals surface area contributed by atoms with Crippen LogP contribution >= 0.6 is 47.2 Å². The van der Waals surface area contributed by atoms with Gasteiger partial charge in [0, 0.05) is 12.1 Å². The Morgan fingerprint density at radius 2 is 1.73 bits per heavy atom. The van der Waals surface area contributed by atoms with Gasteiger partial charge in [0.1, 0.15) is 12.4 Å². The van der Waals surface area contributed by atoms with E-state index in [0.717, 1.165) is 11.1 Å². The molecule has 0 unspecified atom stereocenters. The van der Waals surface area contributed by atoms with Gasteiger partial charge in [0.15, 0.2) is 4.32 Å². The monoisotopic (exact) mass is 516 g/mol. The summed E-state index contributed by atoms with van der Waals surface area (Å²) in [6.07, 6.45) is 1.76. The molecule has 0 saturated carbocycles. The van der Waals surface area contributed by atoms with Crippen molar-refractivity contribution in [3.05, 3.63) is 103 Å². The minimum Gasteiger partial charge on any atom is -0.489 e. The zero-order valence-electron chi connectivity index (χ0n) is 16.7. The molecule has 0 radical (unpaired) electrons. The fraction of sp³-hybridized carbons (Fsp3) is 0.0435. The van der Waals surface area contributed by atoms with E-state index in [1.165, 1.54) is 28.8 Å². The zero-order chi connectivity index (χ0) is 23.5. The summed E-state index contributed by atoms with van der Waals surface area (Å²) in [7, 11) is 0. The number of halogens is 2. The summed E-state index contributed by atoms with van der Waals surface area (Å²) in [4.78, 5) is 25.1. The molecule has 3 aromatic carbocycles. The van der Waals surface area contributed by atoms with Crippen LogP contribution in [0.1, 0.15) is 11.1 Å². The summed E-state index contributed by atoms with van der Waals surface area (Å²) in [5.74, 6) is 0.399. The highest BCUT2D eigenvalue weighted by Crippen LogP contribution is 2.38. The fourth-order valence-corrected chi connectivity index (χ4v) is 4.60. The summed E-state index contributed by atoms with van der Waals surface area (Å²) in [5, 5.41) is 11.5. The first-order valence-electron chi connectivity index (χ1n) is 9.51. The molecule has 0 atom stereocenters. The molecule has 1 amide bonds. The number of anilines is 1. The molecule has 33 heavy (non-hydrogen) atoms. The minimum atomic E-state index is -0.443. The number of thiocarbonyl (C=S) groups is 1. The van der Waals surface area contributed by atoms with E-state index in [4.69, 9.17) is 40.2 Å². The number of hydrogen-bond acceptors (Lipinski definition) is 6. The third-order valence-corrected chi connectivity index (χ3v) is 6.73. The van der Waals surface area contributed by atoms with Crippen LogP contribution in [0.2, 0.25) is 10.0 Å². The summed E-state index contributed by atoms with van der Waals surface area (Å²) in [6, 6.07) is 18.4. The smallest absolute Gasteiger partial charge is 0.270 e. The molecule has 1 heterocycles. The quantitative estimate of drug-likeness (QED) is 0.154. The van der Waals surface area contributed by atoms with Crippen LogP contribution in [0, 0.1) is 10.1 Å². The molecule has 1 aliphatic heterocycles. The summed E-state index contributed by atoms with van der Waals surface area (Å²) in [5.41, 5.74) is 2.22. The van der Waals surface area contributed by atoms with Gasteiger partial charge in [-0.25, -0.2) is 0 Å². The Morgan fingerprint density at radius 3 is 2.36 bits per heavy atom. The average Bonchev–Trinajstić information content (AvgIpc) is 3.08. The van der Waals surface area contributed by atoms with E-state index in [0.29, 0.717) is 30.7 Å². The number of nitro benzene ring substituents is 1. The highest BCUT2D eigenvalue weighted by atomic mass is 35.5. The van der Waals surface area contributed by atoms with Crippen molar-refractivity contribution < 1.29 is 14.5 Å². The molecule has 0 bridgehead atoms. The molecular weight excluding hydrogens is 503 g/mol. The summed E-state index contributed by atoms with van der Waals surface area (Å²) in [6.45, 7) is 0.277. The van der Waals surface area contributed by atoms with Crippen molar-refractivity contribution in [3.63, 3.8) is 0 Å². The van der Waals surface area contributed by atoms with Gasteiger partial charge >= 0.3 is 0 Å². The number of nitro groups is 1. The van der Waals surface area contributed by atoms with E-state index in [-0.39, 0.29) is 18.2 Å². The number of nitrogens with zero attached hydrogens (tertiary/aromatic N) is 2. The maximum absolute atomic E-state index is 12.9. The fourth-order valence-electron chi connectivity index (χ4n) is 3.01. The van der Waals surface area contributed by atoms with E-state index >= 15 is 0 Å². The average molecular weight is 517 g/mol. The van der Waals surface area contributed by atoms with E-state index in [1.54, 1.807) is 48.5 Å². The number of ether oxygens (including phenoxy) is 1. The maximum atomic E-state index is 12.9. The molecule has 166 valence electrons. The van der Waals surface area contributed by atoms with Crippen molar-refractivity contribution in [1.82, 2.24) is 0 Å². The normalized spacial score (nSPS) is 14.7. The van der Waals surface area contributed by atoms with Crippen LogP contribution in [-0.4, -0.2) is 15.2 Å². The lowest BCUT2D eigenvalue weighted by Gasteiger charge is -2.15. The van der Waals surface area contributed by atoms with Crippen LogP contribution in [0.4, 0.5) is 11.4 Å². The van der Waals surface area contributed by atoms with Gasteiger partial charge in [0.2, 0.25) is 0 Å². The molecule has 10 heteroatoms. The zero-order valence-corrected chi connectivity index (χ0v) is 19.9. The standard InChI is InChI=1S/C23H14Cl2N2O4S2/c24-19-10-7-17(12-20(19)25)26-22(28)21(33-23(26)32)11-14-3-8-18(9-4-14)31-13-15-1-5-16(6-2-15)27(29)30/h1-12H,13H2/b21-11-. The maximum Gasteiger partial charge on any atom is 0.270 e. The number of carbonyl (C=O) groups excluding carboxylic acids is 1. The summed E-state index contributed by atoms with van der Waals surface area (Å²) >= 11 is 18.6. The Kier molecular flexibility index (Phi) is 6.99. The van der Waals surface area contributed by atoms with Crippen LogP contribution < -0.4 is 9.64 Å². The van der Waals surface area contributed by atoms with Crippen molar-refractivity contribution in [3.8, 4) is 5.75 Å². The van der Waals surface area contributed by atoms with Gasteiger partial charge in [-0.05, 0) is 59.7 Å². The number of carbonyl (C=O) groups is 1. The third kappa shape index (κ3) is 5.36. The number of thioether (sulfide) groups is 1. The Morgan fingerprint density at radius 1 is 1.03 bits per heavy atom. The molecule has 0 aliphatic carbocycles. The van der Waals surface area contributed by atoms with Crippen LogP contribution in [0.5, 0.6) is 5.75 Å². The van der Waals surface area contributed by atoms with Crippen LogP contribution in [0.15, 0.2) is 71.6 Å². The highest BCUT2D eigenvalue weighted by Gasteiger charge is 2.33. The SMILES string of the molecule is O=C1/C(=C/c2ccc(OCc3ccc([N+](=O)[O-])cc3)cc2)SC(=S)N1c1ccc(Cl)c(Cl)c1. The predicted octanol–water partition coefficient (Wildman–Crippen LogP) is 6.89. The number of amides is 1. The lowest BCUT2D eigenvalue weighted by atomic mass is 10.2. The van der Waals surface area contributed by atoms with E-state index < -0.39 is 4.92 Å². The second-order valence-electron chi connectivity index (χ2n) is 6.90. The van der Waals surface area contributed by atoms with Crippen molar-refractivity contribution in [2.24, 2.45) is 0 Å². The topological polar surface area (TPSA) is 72.7 Å². The molecule has 1 fully saturated rings. The molecule has 0 spiro atoms. The molecular formula is C23H14Cl2N2O4S2. The lowest BCUT2D eigenvalue weighted by Crippen LogP contribution is -2.27. The largest absolute Gasteiger partial charge is 0.489 e. The van der Waals surface area contributed by atoms with Gasteiger partial charge in [-0.3, -0.25) is 19.8 Å². The van der Waals surface area contributed by atoms with Crippen LogP contribution in [0.25, 0.3) is 6.08 Å². The van der Waals surface area contributed by atoms with Gasteiger partial charge in [0.25, 0.3) is 11.6 Å². The van der Waals surface area contributed by atoms with E-state index in [9.17, 15) is 14.9 Å². The van der Waals surface area contributed by atoms with Crippen molar-refractivity contribution >= 4 is 74.9 Å². The first-order valence-corrected chi connectivity index (χ1v) is 11.5. The molecule has 0 aromatic heterocycles. The molecule has 3 aromatic rings. The molecule has 4 rings (SSSR count). The second-order valence-corrected chi connectivity index (χ2v) is 9.39. The minimum absolute atomic E-state index is 0.0349. The van der Waals surface area contributed by atoms with Crippen molar-refractivity contribution in [2.45, 2.75) is 6.61 Å². The molecule has 1 aliphatic rings. The van der Waals surface area contributed by atoms with Crippen LogP contribution in [0.3, 0.4) is 0 Å². The Balaban J connectivity index is 1.43. The lowest BCUT2D eigenvalue weighted by molar-refractivity contribution is -0.384. The van der Waals surface area contributed by atoms with Crippen LogP contribution in [-0.2, 0) is 11.4 Å². The van der Waals surface area contributed by atoms with Gasteiger partial charge in [-0.2, -0.15) is 0 Å². The van der Waals surface area contributed by atoms with Gasteiger partial charge < -0.3 is 4.74 Å². The van der Waals surface area contributed by atoms with Crippen molar-refractivity contribution in [1.29, 1.82) is 0 Å². The van der Waals surface area contributed by atoms with E-state index in [1.807, 2.05) is 12.1 Å². The Labute approximate surface area is 208 Å². The molecule has 1 saturated heterocycles. The van der Waals surface area contributed by atoms with Gasteiger partial charge in [-0.15, -0.1) is 0 Å². The number of non-ortho nitro benzene ring substituents is 1. The molecule has 6 nitrogen and oxygen atoms in total. The predicted molar refractivity (Wildman–Crippen MR) is 136 cm³/mol. The van der Waals surface area contributed by atoms with Crippen molar-refractivity contribution in [2.75, 3.05) is 4.90 Å². The Bertz CT molecular complexity index is 1280. The highest BCUT2D eigenvalue weighted by molar-refractivity contribution is 8.27. The van der Waals surface area contributed by atoms with Gasteiger partial charge in [0.05, 0.1) is 25.6 Å². The second kappa shape index (κ2) is 9.93. The van der Waals surface area contributed by atoms with E-state index in [2.05, 4.69) is 0 Å². The Hall–Kier alpha value is -2.91. The third-order valence-electron chi connectivity index (χ3n) is 4.69. The first kappa shape index (κ1) is 23.3.